The average molecular weight is 464 g/mol. The quantitative estimate of drug-likeness (QED) is 0.449. The first-order valence-electron chi connectivity index (χ1n) is 12.2. The molecule has 1 N–H and O–H groups in total. The minimum Gasteiger partial charge on any atom is -0.384 e. The fourth-order valence-electron chi connectivity index (χ4n) is 4.74. The predicted octanol–water partition coefficient (Wildman–Crippen LogP) is 4.69. The zero-order valence-electron chi connectivity index (χ0n) is 20.0. The van der Waals surface area contributed by atoms with Gasteiger partial charge >= 0.3 is 0 Å². The number of pyridine rings is 1. The first-order chi connectivity index (χ1) is 17.1. The monoisotopic (exact) mass is 463 g/mol. The lowest BCUT2D eigenvalue weighted by atomic mass is 10.0. The van der Waals surface area contributed by atoms with Gasteiger partial charge in [0.05, 0.1) is 17.1 Å². The summed E-state index contributed by atoms with van der Waals surface area (Å²) < 4.78 is 0. The Morgan fingerprint density at radius 3 is 2.60 bits per heavy atom. The zero-order valence-corrected chi connectivity index (χ0v) is 20.0. The number of rotatable bonds is 6. The maximum Gasteiger partial charge on any atom is 0.253 e. The van der Waals surface area contributed by atoms with Crippen LogP contribution >= 0.6 is 0 Å². The second-order valence-corrected chi connectivity index (χ2v) is 9.00. The summed E-state index contributed by atoms with van der Waals surface area (Å²) in [5, 5.41) is 15.9. The normalized spacial score (nSPS) is 14.2. The van der Waals surface area contributed by atoms with Gasteiger partial charge in [0.1, 0.15) is 0 Å². The van der Waals surface area contributed by atoms with Gasteiger partial charge in [-0.05, 0) is 65.7 Å². The van der Waals surface area contributed by atoms with Crippen molar-refractivity contribution in [2.75, 3.05) is 44.6 Å². The van der Waals surface area contributed by atoms with E-state index in [1.54, 1.807) is 12.3 Å². The van der Waals surface area contributed by atoms with E-state index >= 15 is 0 Å². The van der Waals surface area contributed by atoms with Crippen molar-refractivity contribution >= 4 is 33.3 Å². The summed E-state index contributed by atoms with van der Waals surface area (Å²) >= 11 is 0. The van der Waals surface area contributed by atoms with Gasteiger partial charge in [-0.3, -0.25) is 9.78 Å². The number of piperazine rings is 1. The molecule has 1 amide bonds. The van der Waals surface area contributed by atoms with Crippen LogP contribution in [0.4, 0.5) is 5.69 Å². The van der Waals surface area contributed by atoms with Crippen molar-refractivity contribution in [2.24, 2.45) is 0 Å². The number of likely N-dealkylation sites (N-methyl/N-ethyl adjacent to an activating group) is 1. The zero-order chi connectivity index (χ0) is 24.2. The molecule has 0 aliphatic carbocycles. The van der Waals surface area contributed by atoms with Crippen molar-refractivity contribution in [2.45, 2.75) is 13.3 Å². The van der Waals surface area contributed by atoms with Gasteiger partial charge in [-0.15, -0.1) is 0 Å². The van der Waals surface area contributed by atoms with Gasteiger partial charge in [0.15, 0.2) is 0 Å². The van der Waals surface area contributed by atoms with Crippen molar-refractivity contribution in [3.8, 4) is 6.07 Å². The largest absolute Gasteiger partial charge is 0.384 e. The number of fused-ring (bicyclic) bond motifs is 2. The molecule has 1 saturated heterocycles. The van der Waals surface area contributed by atoms with E-state index in [9.17, 15) is 10.1 Å². The van der Waals surface area contributed by atoms with Crippen LogP contribution in [-0.4, -0.2) is 60.0 Å². The Morgan fingerprint density at radius 2 is 1.80 bits per heavy atom. The number of nitriles is 1. The molecule has 5 rings (SSSR count). The Morgan fingerprint density at radius 1 is 1.00 bits per heavy atom. The van der Waals surface area contributed by atoms with Crippen LogP contribution in [0.5, 0.6) is 0 Å². The number of anilines is 1. The highest BCUT2D eigenvalue weighted by Gasteiger charge is 2.21. The summed E-state index contributed by atoms with van der Waals surface area (Å²) in [7, 11) is 0. The van der Waals surface area contributed by atoms with Crippen LogP contribution in [0.3, 0.4) is 0 Å². The number of carbonyl (C=O) groups excluding carboxylic acids is 1. The SMILES string of the molecule is CCN1CCN(C(=O)c2ccc3cc(CCNc4ccnc5ccc(C#N)cc45)ccc3c2)CC1. The van der Waals surface area contributed by atoms with E-state index in [1.165, 1.54) is 5.56 Å². The molecule has 6 nitrogen and oxygen atoms in total. The van der Waals surface area contributed by atoms with Gasteiger partial charge in [-0.2, -0.15) is 5.26 Å². The lowest BCUT2D eigenvalue weighted by Crippen LogP contribution is -2.48. The molecular weight excluding hydrogens is 434 g/mol. The summed E-state index contributed by atoms with van der Waals surface area (Å²) in [6.45, 7) is 7.45. The molecule has 3 aromatic carbocycles. The van der Waals surface area contributed by atoms with Crippen LogP contribution in [0, 0.1) is 11.3 Å². The highest BCUT2D eigenvalue weighted by molar-refractivity contribution is 5.98. The van der Waals surface area contributed by atoms with Crippen LogP contribution in [-0.2, 0) is 6.42 Å². The van der Waals surface area contributed by atoms with Crippen LogP contribution in [0.1, 0.15) is 28.4 Å². The second kappa shape index (κ2) is 10.1. The highest BCUT2D eigenvalue weighted by Crippen LogP contribution is 2.23. The van der Waals surface area contributed by atoms with Crippen molar-refractivity contribution in [1.29, 1.82) is 5.26 Å². The smallest absolute Gasteiger partial charge is 0.253 e. The third kappa shape index (κ3) is 4.96. The van der Waals surface area contributed by atoms with Crippen molar-refractivity contribution in [3.63, 3.8) is 0 Å². The van der Waals surface area contributed by atoms with Crippen molar-refractivity contribution < 1.29 is 4.79 Å². The molecule has 0 bridgehead atoms. The summed E-state index contributed by atoms with van der Waals surface area (Å²) in [4.78, 5) is 21.7. The third-order valence-electron chi connectivity index (χ3n) is 6.86. The Kier molecular flexibility index (Phi) is 6.60. The maximum atomic E-state index is 13.0. The van der Waals surface area contributed by atoms with Crippen molar-refractivity contribution in [1.82, 2.24) is 14.8 Å². The minimum atomic E-state index is 0.125. The molecule has 35 heavy (non-hydrogen) atoms. The van der Waals surface area contributed by atoms with Gasteiger partial charge in [-0.25, -0.2) is 0 Å². The van der Waals surface area contributed by atoms with Crippen LogP contribution in [0.25, 0.3) is 21.7 Å². The number of hydrogen-bond donors (Lipinski definition) is 1. The number of hydrogen-bond acceptors (Lipinski definition) is 5. The van der Waals surface area contributed by atoms with Gasteiger partial charge in [0.25, 0.3) is 5.91 Å². The van der Waals surface area contributed by atoms with E-state index in [4.69, 9.17) is 0 Å². The van der Waals surface area contributed by atoms with Gasteiger partial charge in [0.2, 0.25) is 0 Å². The Hall–Kier alpha value is -3.95. The number of carbonyl (C=O) groups is 1. The molecule has 176 valence electrons. The Labute approximate surface area is 205 Å². The molecule has 4 aromatic rings. The van der Waals surface area contributed by atoms with E-state index in [0.29, 0.717) is 5.56 Å². The highest BCUT2D eigenvalue weighted by atomic mass is 16.2. The lowest BCUT2D eigenvalue weighted by molar-refractivity contribution is 0.0643. The van der Waals surface area contributed by atoms with Crippen molar-refractivity contribution in [3.05, 3.63) is 83.6 Å². The molecule has 0 spiro atoms. The number of benzene rings is 3. The third-order valence-corrected chi connectivity index (χ3v) is 6.86. The molecule has 2 heterocycles. The van der Waals surface area contributed by atoms with E-state index in [2.05, 4.69) is 52.5 Å². The molecule has 1 aliphatic heterocycles. The lowest BCUT2D eigenvalue weighted by Gasteiger charge is -2.34. The first-order valence-corrected chi connectivity index (χ1v) is 12.2. The number of amides is 1. The number of nitrogens with one attached hydrogen (secondary N) is 1. The van der Waals surface area contributed by atoms with E-state index in [1.807, 2.05) is 35.2 Å². The Balaban J connectivity index is 1.25. The standard InChI is InChI=1S/C29H29N5O/c1-2-33-13-15-34(16-14-33)29(35)25-7-6-23-17-21(3-5-24(23)19-25)9-11-31-28-10-12-32-27-8-4-22(20-30)18-26(27)28/h3-8,10,12,17-19H,2,9,11,13-16H2,1H3,(H,31,32). The first kappa shape index (κ1) is 22.8. The maximum absolute atomic E-state index is 13.0. The molecule has 1 aliphatic rings. The predicted molar refractivity (Wildman–Crippen MR) is 141 cm³/mol. The van der Waals surface area contributed by atoms with Gasteiger partial charge in [0, 0.05) is 55.6 Å². The minimum absolute atomic E-state index is 0.125. The number of aromatic nitrogens is 1. The molecular formula is C29H29N5O. The summed E-state index contributed by atoms with van der Waals surface area (Å²) in [5.74, 6) is 0.125. The topological polar surface area (TPSA) is 72.3 Å². The van der Waals surface area contributed by atoms with E-state index < -0.39 is 0 Å². The molecule has 6 heteroatoms. The summed E-state index contributed by atoms with van der Waals surface area (Å²) in [5.41, 5.74) is 4.48. The Bertz CT molecular complexity index is 1420. The van der Waals surface area contributed by atoms with Gasteiger partial charge in [-0.1, -0.05) is 31.2 Å². The van der Waals surface area contributed by atoms with E-state index in [0.717, 1.165) is 78.6 Å². The summed E-state index contributed by atoms with van der Waals surface area (Å²) in [6.07, 6.45) is 2.65. The molecule has 1 aromatic heterocycles. The van der Waals surface area contributed by atoms with Gasteiger partial charge < -0.3 is 15.1 Å². The number of nitrogens with zero attached hydrogens (tertiary/aromatic N) is 4. The molecule has 1 fully saturated rings. The molecule has 0 atom stereocenters. The van der Waals surface area contributed by atoms with Crippen LogP contribution in [0.2, 0.25) is 0 Å². The average Bonchev–Trinajstić information content (AvgIpc) is 2.92. The van der Waals surface area contributed by atoms with Crippen LogP contribution in [0.15, 0.2) is 66.9 Å². The molecule has 0 unspecified atom stereocenters. The van der Waals surface area contributed by atoms with E-state index in [-0.39, 0.29) is 5.91 Å². The summed E-state index contributed by atoms with van der Waals surface area (Å²) in [6, 6.07) is 22.2. The second-order valence-electron chi connectivity index (χ2n) is 9.00. The fraction of sp³-hybridized carbons (Fsp3) is 0.276. The fourth-order valence-corrected chi connectivity index (χ4v) is 4.74. The van der Waals surface area contributed by atoms with Crippen LogP contribution < -0.4 is 5.32 Å². The molecule has 0 saturated carbocycles. The molecule has 0 radical (unpaired) electrons.